The first-order chi connectivity index (χ1) is 15.9. The summed E-state index contributed by atoms with van der Waals surface area (Å²) in [6.45, 7) is 4.40. The Hall–Kier alpha value is -3.29. The number of carbonyl (C=O) groups is 2. The molecule has 168 valence electrons. The zero-order chi connectivity index (χ0) is 23.5. The predicted octanol–water partition coefficient (Wildman–Crippen LogP) is 6.18. The number of ether oxygens (including phenoxy) is 1. The highest BCUT2D eigenvalue weighted by molar-refractivity contribution is 8.04. The summed E-state index contributed by atoms with van der Waals surface area (Å²) in [6, 6.07) is 18.5. The molecule has 4 rings (SSSR count). The molecule has 0 atom stereocenters. The van der Waals surface area contributed by atoms with Crippen molar-refractivity contribution in [1.29, 1.82) is 0 Å². The number of aryl methyl sites for hydroxylation is 1. The Morgan fingerprint density at radius 2 is 1.70 bits per heavy atom. The van der Waals surface area contributed by atoms with Crippen molar-refractivity contribution in [1.82, 2.24) is 0 Å². The Morgan fingerprint density at radius 3 is 2.33 bits per heavy atom. The summed E-state index contributed by atoms with van der Waals surface area (Å²) in [5, 5.41) is 2.91. The molecule has 2 amide bonds. The Balaban J connectivity index is 1.71. The second-order valence-electron chi connectivity index (χ2n) is 7.25. The number of carbonyl (C=O) groups excluding carboxylic acids is 2. The number of hydrogen-bond donors (Lipinski definition) is 1. The summed E-state index contributed by atoms with van der Waals surface area (Å²) in [7, 11) is 0. The molecular weight excluding hydrogens is 463 g/mol. The number of nitrogens with one attached hydrogen (secondary N) is 1. The van der Waals surface area contributed by atoms with Crippen molar-refractivity contribution < 1.29 is 18.7 Å². The standard InChI is InChI=1S/C25H20ClFN2O3S/c1-3-32-18-9-6-16(7-10-18)28-22-23(33-19-11-4-15(2)5-12-19)25(31)29(24(22)30)17-8-13-21(27)20(26)14-17/h4-14,28H,3H2,1-2H3. The number of nitrogens with zero attached hydrogens (tertiary/aromatic N) is 1. The van der Waals surface area contributed by atoms with Gasteiger partial charge in [0.15, 0.2) is 0 Å². The molecule has 0 saturated carbocycles. The van der Waals surface area contributed by atoms with Crippen molar-refractivity contribution in [3.63, 3.8) is 0 Å². The highest BCUT2D eigenvalue weighted by Crippen LogP contribution is 2.38. The summed E-state index contributed by atoms with van der Waals surface area (Å²) in [6.07, 6.45) is 0. The van der Waals surface area contributed by atoms with Gasteiger partial charge in [-0.15, -0.1) is 0 Å². The maximum absolute atomic E-state index is 13.7. The molecule has 1 aliphatic heterocycles. The Labute approximate surface area is 200 Å². The fourth-order valence-corrected chi connectivity index (χ4v) is 4.34. The number of imide groups is 1. The van der Waals surface area contributed by atoms with Crippen molar-refractivity contribution in [2.24, 2.45) is 0 Å². The molecular formula is C25H20ClFN2O3S. The van der Waals surface area contributed by atoms with Crippen LogP contribution in [0.25, 0.3) is 0 Å². The van der Waals surface area contributed by atoms with Gasteiger partial charge in [-0.05, 0) is 68.4 Å². The maximum Gasteiger partial charge on any atom is 0.283 e. The SMILES string of the molecule is CCOc1ccc(NC2=C(Sc3ccc(C)cc3)C(=O)N(c3ccc(F)c(Cl)c3)C2=O)cc1. The van der Waals surface area contributed by atoms with Gasteiger partial charge in [-0.1, -0.05) is 41.1 Å². The van der Waals surface area contributed by atoms with E-state index in [2.05, 4.69) is 5.32 Å². The lowest BCUT2D eigenvalue weighted by molar-refractivity contribution is -0.120. The number of thioether (sulfide) groups is 1. The number of anilines is 2. The number of benzene rings is 3. The van der Waals surface area contributed by atoms with Crippen molar-refractivity contribution in [3.8, 4) is 5.75 Å². The first-order valence-corrected chi connectivity index (χ1v) is 11.4. The molecule has 8 heteroatoms. The number of halogens is 2. The molecule has 0 saturated heterocycles. The fourth-order valence-electron chi connectivity index (χ4n) is 3.24. The highest BCUT2D eigenvalue weighted by atomic mass is 35.5. The summed E-state index contributed by atoms with van der Waals surface area (Å²) in [5.74, 6) is -0.995. The molecule has 0 spiro atoms. The van der Waals surface area contributed by atoms with E-state index in [1.165, 1.54) is 23.9 Å². The molecule has 3 aromatic rings. The lowest BCUT2D eigenvalue weighted by atomic mass is 10.2. The molecule has 1 N–H and O–H groups in total. The van der Waals surface area contributed by atoms with Crippen molar-refractivity contribution >= 4 is 46.6 Å². The van der Waals surface area contributed by atoms with Crippen molar-refractivity contribution in [3.05, 3.63) is 93.7 Å². The molecule has 1 aliphatic rings. The molecule has 0 radical (unpaired) electrons. The first kappa shape index (κ1) is 22.9. The van der Waals surface area contributed by atoms with E-state index in [1.54, 1.807) is 24.3 Å². The van der Waals surface area contributed by atoms with Gasteiger partial charge >= 0.3 is 0 Å². The third kappa shape index (κ3) is 4.89. The van der Waals surface area contributed by atoms with Crippen LogP contribution < -0.4 is 15.0 Å². The smallest absolute Gasteiger partial charge is 0.283 e. The van der Waals surface area contributed by atoms with E-state index in [0.717, 1.165) is 21.4 Å². The van der Waals surface area contributed by atoms with Gasteiger partial charge in [0.25, 0.3) is 11.8 Å². The topological polar surface area (TPSA) is 58.6 Å². The van der Waals surface area contributed by atoms with Gasteiger partial charge in [0, 0.05) is 10.6 Å². The third-order valence-electron chi connectivity index (χ3n) is 4.88. The number of amides is 2. The molecule has 0 bridgehead atoms. The van der Waals surface area contributed by atoms with E-state index in [-0.39, 0.29) is 21.3 Å². The van der Waals surface area contributed by atoms with Crippen molar-refractivity contribution in [2.45, 2.75) is 18.7 Å². The number of hydrogen-bond acceptors (Lipinski definition) is 5. The predicted molar refractivity (Wildman–Crippen MR) is 129 cm³/mol. The van der Waals surface area contributed by atoms with E-state index in [9.17, 15) is 14.0 Å². The van der Waals surface area contributed by atoms with E-state index in [4.69, 9.17) is 16.3 Å². The quantitative estimate of drug-likeness (QED) is 0.408. The van der Waals surface area contributed by atoms with E-state index < -0.39 is 17.6 Å². The molecule has 3 aromatic carbocycles. The van der Waals surface area contributed by atoms with E-state index in [0.29, 0.717) is 18.0 Å². The minimum atomic E-state index is -0.630. The zero-order valence-corrected chi connectivity index (χ0v) is 19.5. The highest BCUT2D eigenvalue weighted by Gasteiger charge is 2.40. The Kier molecular flexibility index (Phi) is 6.72. The first-order valence-electron chi connectivity index (χ1n) is 10.2. The lowest BCUT2D eigenvalue weighted by Crippen LogP contribution is -2.32. The maximum atomic E-state index is 13.7. The van der Waals surface area contributed by atoms with Gasteiger partial charge in [0.2, 0.25) is 0 Å². The lowest BCUT2D eigenvalue weighted by Gasteiger charge is -2.16. The molecule has 0 aliphatic carbocycles. The van der Waals surface area contributed by atoms with Crippen LogP contribution in [0, 0.1) is 12.7 Å². The zero-order valence-electron chi connectivity index (χ0n) is 17.9. The van der Waals surface area contributed by atoms with Gasteiger partial charge in [0.1, 0.15) is 22.2 Å². The monoisotopic (exact) mass is 482 g/mol. The van der Waals surface area contributed by atoms with E-state index >= 15 is 0 Å². The molecule has 1 heterocycles. The van der Waals surface area contributed by atoms with E-state index in [1.807, 2.05) is 38.1 Å². The van der Waals surface area contributed by atoms with Gasteiger partial charge in [-0.2, -0.15) is 0 Å². The van der Waals surface area contributed by atoms with Crippen LogP contribution in [-0.4, -0.2) is 18.4 Å². The normalized spacial score (nSPS) is 13.6. The van der Waals surface area contributed by atoms with Gasteiger partial charge in [-0.25, -0.2) is 9.29 Å². The van der Waals surface area contributed by atoms with Crippen LogP contribution in [0.3, 0.4) is 0 Å². The Morgan fingerprint density at radius 1 is 1.00 bits per heavy atom. The summed E-state index contributed by atoms with van der Waals surface area (Å²) >= 11 is 7.09. The van der Waals surface area contributed by atoms with Crippen LogP contribution in [0.1, 0.15) is 12.5 Å². The van der Waals surface area contributed by atoms with Gasteiger partial charge < -0.3 is 10.1 Å². The van der Waals surface area contributed by atoms with Crippen LogP contribution in [0.5, 0.6) is 5.75 Å². The molecule has 5 nitrogen and oxygen atoms in total. The van der Waals surface area contributed by atoms with Crippen LogP contribution in [-0.2, 0) is 9.59 Å². The second-order valence-corrected chi connectivity index (χ2v) is 8.74. The summed E-state index contributed by atoms with van der Waals surface area (Å²) in [5.41, 5.74) is 2.03. The third-order valence-corrected chi connectivity index (χ3v) is 6.26. The second kappa shape index (κ2) is 9.68. The number of rotatable bonds is 7. The summed E-state index contributed by atoms with van der Waals surface area (Å²) < 4.78 is 19.1. The fraction of sp³-hybridized carbons (Fsp3) is 0.120. The van der Waals surface area contributed by atoms with Crippen LogP contribution in [0.15, 0.2) is 82.2 Å². The van der Waals surface area contributed by atoms with Crippen LogP contribution >= 0.6 is 23.4 Å². The molecule has 0 aromatic heterocycles. The largest absolute Gasteiger partial charge is 0.494 e. The van der Waals surface area contributed by atoms with Gasteiger partial charge in [-0.3, -0.25) is 9.59 Å². The minimum absolute atomic E-state index is 0.134. The molecule has 0 fully saturated rings. The molecule has 0 unspecified atom stereocenters. The Bertz CT molecular complexity index is 1240. The average molecular weight is 483 g/mol. The minimum Gasteiger partial charge on any atom is -0.494 e. The van der Waals surface area contributed by atoms with Crippen LogP contribution in [0.4, 0.5) is 15.8 Å². The summed E-state index contributed by atoms with van der Waals surface area (Å²) in [4.78, 5) is 28.7. The van der Waals surface area contributed by atoms with Crippen molar-refractivity contribution in [2.75, 3.05) is 16.8 Å². The average Bonchev–Trinajstić information content (AvgIpc) is 3.02. The molecule has 33 heavy (non-hydrogen) atoms. The van der Waals surface area contributed by atoms with Crippen LogP contribution in [0.2, 0.25) is 5.02 Å². The van der Waals surface area contributed by atoms with Gasteiger partial charge in [0.05, 0.1) is 17.3 Å².